The van der Waals surface area contributed by atoms with E-state index in [0.717, 1.165) is 0 Å². The van der Waals surface area contributed by atoms with Gasteiger partial charge in [-0.2, -0.15) is 5.26 Å². The van der Waals surface area contributed by atoms with E-state index in [4.69, 9.17) is 14.2 Å². The number of carboxylic acids is 1. The summed E-state index contributed by atoms with van der Waals surface area (Å²) in [4.78, 5) is 17.3. The van der Waals surface area contributed by atoms with Crippen LogP contribution in [0.25, 0.3) is 22.2 Å². The fourth-order valence-electron chi connectivity index (χ4n) is 5.06. The summed E-state index contributed by atoms with van der Waals surface area (Å²) in [5, 5.41) is 18.6. The molecule has 5 aromatic rings. The minimum Gasteiger partial charge on any atom is -0.478 e. The maximum absolute atomic E-state index is 15.6. The summed E-state index contributed by atoms with van der Waals surface area (Å²) in [6, 6.07) is 17.7. The first kappa shape index (κ1) is 27.4. The molecule has 0 saturated carbocycles. The molecule has 212 valence electrons. The Labute approximate surface area is 242 Å². The number of aromatic nitrogens is 2. The molecule has 0 radical (unpaired) electrons. The SMILES string of the molecule is COCCn1c(Cc2c(F)cc(-c3cccc4c3OC(C)(c3ccc(C#N)s3)O4)cc2F)nc2ccc(C(=O)O)cc21. The van der Waals surface area contributed by atoms with Gasteiger partial charge in [0.1, 0.15) is 28.4 Å². The van der Waals surface area contributed by atoms with E-state index in [-0.39, 0.29) is 23.1 Å². The average molecular weight is 588 g/mol. The molecule has 0 saturated heterocycles. The molecule has 1 aliphatic heterocycles. The largest absolute Gasteiger partial charge is 0.478 e. The molecule has 1 aliphatic rings. The van der Waals surface area contributed by atoms with Gasteiger partial charge in [-0.05, 0) is 54.1 Å². The Bertz CT molecular complexity index is 1890. The highest BCUT2D eigenvalue weighted by atomic mass is 32.1. The number of carboxylic acid groups (broad SMARTS) is 1. The van der Waals surface area contributed by atoms with Crippen molar-refractivity contribution in [3.8, 4) is 28.7 Å². The number of ether oxygens (including phenoxy) is 3. The second-order valence-corrected chi connectivity index (χ2v) is 10.9. The molecule has 3 heterocycles. The van der Waals surface area contributed by atoms with Gasteiger partial charge < -0.3 is 23.9 Å². The van der Waals surface area contributed by atoms with Crippen LogP contribution in [0.15, 0.2) is 60.7 Å². The number of imidazole rings is 1. The molecular formula is C31H23F2N3O5S. The first-order valence-electron chi connectivity index (χ1n) is 12.9. The lowest BCUT2D eigenvalue weighted by Gasteiger charge is -2.21. The lowest BCUT2D eigenvalue weighted by molar-refractivity contribution is -0.0645. The predicted octanol–water partition coefficient (Wildman–Crippen LogP) is 6.49. The molecule has 3 aromatic carbocycles. The minimum atomic E-state index is -1.20. The Morgan fingerprint density at radius 3 is 2.62 bits per heavy atom. The summed E-state index contributed by atoms with van der Waals surface area (Å²) in [5.41, 5.74) is 1.66. The van der Waals surface area contributed by atoms with Gasteiger partial charge in [-0.15, -0.1) is 11.3 Å². The topological polar surface area (TPSA) is 107 Å². The van der Waals surface area contributed by atoms with Gasteiger partial charge >= 0.3 is 5.97 Å². The Hall–Kier alpha value is -4.79. The van der Waals surface area contributed by atoms with Crippen LogP contribution in [0.5, 0.6) is 11.5 Å². The van der Waals surface area contributed by atoms with Crippen molar-refractivity contribution in [2.24, 2.45) is 0 Å². The fourth-order valence-corrected chi connectivity index (χ4v) is 5.88. The van der Waals surface area contributed by atoms with Crippen molar-refractivity contribution in [2.45, 2.75) is 25.7 Å². The molecule has 2 aromatic heterocycles. The molecule has 8 nitrogen and oxygen atoms in total. The highest BCUT2D eigenvalue weighted by Crippen LogP contribution is 2.50. The van der Waals surface area contributed by atoms with E-state index in [1.165, 1.54) is 42.7 Å². The molecule has 42 heavy (non-hydrogen) atoms. The second-order valence-electron chi connectivity index (χ2n) is 9.83. The number of aromatic carboxylic acids is 1. The van der Waals surface area contributed by atoms with Gasteiger partial charge in [-0.3, -0.25) is 0 Å². The van der Waals surface area contributed by atoms with Crippen LogP contribution in [0.4, 0.5) is 8.78 Å². The van der Waals surface area contributed by atoms with E-state index < -0.39 is 23.4 Å². The average Bonchev–Trinajstić information content (AvgIpc) is 3.68. The Balaban J connectivity index is 1.35. The number of thiophene rings is 1. The highest BCUT2D eigenvalue weighted by molar-refractivity contribution is 7.12. The summed E-state index contributed by atoms with van der Waals surface area (Å²) >= 11 is 1.24. The van der Waals surface area contributed by atoms with Crippen LogP contribution >= 0.6 is 11.3 Å². The number of hydrogen-bond donors (Lipinski definition) is 1. The number of halogens is 2. The maximum atomic E-state index is 15.6. The zero-order valence-electron chi connectivity index (χ0n) is 22.5. The van der Waals surface area contributed by atoms with Crippen molar-refractivity contribution in [3.63, 3.8) is 0 Å². The minimum absolute atomic E-state index is 0.0802. The highest BCUT2D eigenvalue weighted by Gasteiger charge is 2.41. The van der Waals surface area contributed by atoms with Crippen LogP contribution in [0.2, 0.25) is 0 Å². The van der Waals surface area contributed by atoms with Gasteiger partial charge in [0.25, 0.3) is 5.79 Å². The summed E-state index contributed by atoms with van der Waals surface area (Å²) in [5.74, 6) is -2.69. The quantitative estimate of drug-likeness (QED) is 0.221. The van der Waals surface area contributed by atoms with Gasteiger partial charge in [-0.25, -0.2) is 18.6 Å². The normalized spacial score (nSPS) is 15.7. The van der Waals surface area contributed by atoms with E-state index in [0.29, 0.717) is 56.8 Å². The molecule has 1 unspecified atom stereocenters. The van der Waals surface area contributed by atoms with Gasteiger partial charge in [-0.1, -0.05) is 12.1 Å². The van der Waals surface area contributed by atoms with Crippen LogP contribution < -0.4 is 9.47 Å². The van der Waals surface area contributed by atoms with Gasteiger partial charge in [0.2, 0.25) is 0 Å². The molecule has 11 heteroatoms. The first-order valence-corrected chi connectivity index (χ1v) is 13.7. The second kappa shape index (κ2) is 10.6. The van der Waals surface area contributed by atoms with Crippen LogP contribution in [0, 0.1) is 23.0 Å². The molecule has 1 N–H and O–H groups in total. The van der Waals surface area contributed by atoms with Crippen molar-refractivity contribution in [2.75, 3.05) is 13.7 Å². The standard InChI is InChI=1S/C31H23F2N3O5S/c1-31(27-9-7-19(16-34)42-27)40-26-5-3-4-20(29(26)41-31)18-12-22(32)21(23(33)13-18)15-28-35-24-8-6-17(30(37)38)14-25(24)36(28)10-11-39-2/h3-9,12-14H,10-11,15H2,1-2H3,(H,37,38). The van der Waals surface area contributed by atoms with Gasteiger partial charge in [0.15, 0.2) is 11.5 Å². The Kier molecular flexibility index (Phi) is 6.88. The molecule has 0 bridgehead atoms. The number of benzene rings is 3. The molecule has 0 aliphatic carbocycles. The van der Waals surface area contributed by atoms with Crippen LogP contribution in [-0.4, -0.2) is 34.3 Å². The molecule has 0 fully saturated rings. The monoisotopic (exact) mass is 587 g/mol. The number of nitrogens with zero attached hydrogens (tertiary/aromatic N) is 3. The number of carbonyl (C=O) groups is 1. The van der Waals surface area contributed by atoms with Crippen molar-refractivity contribution in [1.82, 2.24) is 9.55 Å². The third-order valence-corrected chi connectivity index (χ3v) is 8.30. The number of methoxy groups -OCH3 is 1. The van der Waals surface area contributed by atoms with Crippen molar-refractivity contribution >= 4 is 28.3 Å². The molecule has 1 atom stereocenters. The van der Waals surface area contributed by atoms with Crippen LogP contribution in [0.3, 0.4) is 0 Å². The van der Waals surface area contributed by atoms with E-state index >= 15 is 8.78 Å². The van der Waals surface area contributed by atoms with Crippen molar-refractivity contribution in [1.29, 1.82) is 5.26 Å². The number of nitriles is 1. The number of hydrogen-bond acceptors (Lipinski definition) is 7. The molecule has 0 amide bonds. The third-order valence-electron chi connectivity index (χ3n) is 7.12. The molecule has 6 rings (SSSR count). The summed E-state index contributed by atoms with van der Waals surface area (Å²) in [6.45, 7) is 2.34. The summed E-state index contributed by atoms with van der Waals surface area (Å²) < 4.78 is 50.5. The van der Waals surface area contributed by atoms with E-state index in [2.05, 4.69) is 11.1 Å². The number of para-hydroxylation sites is 1. The van der Waals surface area contributed by atoms with Crippen LogP contribution in [-0.2, 0) is 23.5 Å². The van der Waals surface area contributed by atoms with Gasteiger partial charge in [0.05, 0.1) is 28.1 Å². The van der Waals surface area contributed by atoms with E-state index in [1.54, 1.807) is 47.9 Å². The van der Waals surface area contributed by atoms with Gasteiger partial charge in [0, 0.05) is 38.1 Å². The lowest BCUT2D eigenvalue weighted by atomic mass is 10.00. The van der Waals surface area contributed by atoms with E-state index in [1.807, 2.05) is 0 Å². The molecular weight excluding hydrogens is 564 g/mol. The predicted molar refractivity (Wildman–Crippen MR) is 151 cm³/mol. The molecule has 0 spiro atoms. The van der Waals surface area contributed by atoms with Crippen molar-refractivity contribution < 1.29 is 32.9 Å². The zero-order chi connectivity index (χ0) is 29.6. The zero-order valence-corrected chi connectivity index (χ0v) is 23.3. The third kappa shape index (κ3) is 4.74. The summed E-state index contributed by atoms with van der Waals surface area (Å²) in [6.07, 6.45) is -0.164. The first-order chi connectivity index (χ1) is 20.2. The maximum Gasteiger partial charge on any atom is 0.335 e. The number of fused-ring (bicyclic) bond motifs is 2. The van der Waals surface area contributed by atoms with E-state index in [9.17, 15) is 15.2 Å². The Morgan fingerprint density at radius 1 is 1.14 bits per heavy atom. The fraction of sp³-hybridized carbons (Fsp3) is 0.194. The number of rotatable bonds is 8. The summed E-state index contributed by atoms with van der Waals surface area (Å²) in [7, 11) is 1.53. The lowest BCUT2D eigenvalue weighted by Crippen LogP contribution is -2.30. The van der Waals surface area contributed by atoms with Crippen LogP contribution in [0.1, 0.15) is 38.4 Å². The smallest absolute Gasteiger partial charge is 0.335 e. The Morgan fingerprint density at radius 2 is 1.93 bits per heavy atom. The van der Waals surface area contributed by atoms with Crippen molar-refractivity contribution in [3.05, 3.63) is 99.0 Å².